The molecule has 4 rings (SSSR count). The molecule has 0 bridgehead atoms. The summed E-state index contributed by atoms with van der Waals surface area (Å²) in [6.45, 7) is 3.00. The third-order valence-electron chi connectivity index (χ3n) is 5.68. The van der Waals surface area contributed by atoms with Gasteiger partial charge in [0.25, 0.3) is 0 Å². The normalized spacial score (nSPS) is 17.2. The molecule has 3 aromatic rings. The van der Waals surface area contributed by atoms with Gasteiger partial charge in [-0.1, -0.05) is 17.3 Å². The Morgan fingerprint density at radius 1 is 1.03 bits per heavy atom. The summed E-state index contributed by atoms with van der Waals surface area (Å²) in [4.78, 5) is 2.23. The summed E-state index contributed by atoms with van der Waals surface area (Å²) in [6, 6.07) is 13.5. The molecule has 0 aliphatic carbocycles. The fourth-order valence-electron chi connectivity index (χ4n) is 4.04. The monoisotopic (exact) mass is 490 g/mol. The van der Waals surface area contributed by atoms with Crippen LogP contribution in [0, 0.1) is 0 Å². The van der Waals surface area contributed by atoms with E-state index >= 15 is 0 Å². The number of nitrogens with two attached hydrogens (primary N) is 1. The van der Waals surface area contributed by atoms with Crippen LogP contribution in [0.1, 0.15) is 26.2 Å². The minimum Gasteiger partial charge on any atom is -0.367 e. The molecule has 0 amide bonds. The fourth-order valence-corrected chi connectivity index (χ4v) is 5.12. The Hall–Kier alpha value is -2.89. The van der Waals surface area contributed by atoms with Gasteiger partial charge in [-0.25, -0.2) is 22.0 Å². The Labute approximate surface area is 193 Å². The van der Waals surface area contributed by atoms with Gasteiger partial charge in [-0.05, 0) is 56.5 Å². The van der Waals surface area contributed by atoms with E-state index in [-0.39, 0.29) is 4.90 Å². The van der Waals surface area contributed by atoms with Crippen molar-refractivity contribution in [1.29, 1.82) is 0 Å². The first-order valence-electron chi connectivity index (χ1n) is 10.5. The zero-order valence-electron chi connectivity index (χ0n) is 18.4. The van der Waals surface area contributed by atoms with Gasteiger partial charge in [-0.2, -0.15) is 0 Å². The molecule has 2 heterocycles. The van der Waals surface area contributed by atoms with E-state index in [1.54, 1.807) is 24.3 Å². The molecule has 33 heavy (non-hydrogen) atoms. The highest BCUT2D eigenvalue weighted by atomic mass is 32.2. The van der Waals surface area contributed by atoms with E-state index < -0.39 is 20.0 Å². The summed E-state index contributed by atoms with van der Waals surface area (Å²) in [5, 5.41) is 9.22. The Morgan fingerprint density at radius 3 is 2.36 bits per heavy atom. The number of nitrogens with one attached hydrogen (secondary N) is 1. The summed E-state index contributed by atoms with van der Waals surface area (Å²) in [5.74, 6) is 0.454. The first kappa shape index (κ1) is 23.3. The summed E-state index contributed by atoms with van der Waals surface area (Å²) in [7, 11) is -7.27. The lowest BCUT2D eigenvalue weighted by atomic mass is 10.0. The molecule has 0 spiro atoms. The summed E-state index contributed by atoms with van der Waals surface area (Å²) < 4.78 is 55.1. The van der Waals surface area contributed by atoms with Crippen molar-refractivity contribution in [2.45, 2.75) is 37.1 Å². The largest absolute Gasteiger partial charge is 0.367 e. The topological polar surface area (TPSA) is 136 Å². The Morgan fingerprint density at radius 2 is 1.73 bits per heavy atom. The van der Waals surface area contributed by atoms with Crippen LogP contribution in [-0.2, 0) is 20.0 Å². The average Bonchev–Trinajstić information content (AvgIpc) is 3.23. The van der Waals surface area contributed by atoms with Crippen molar-refractivity contribution in [1.82, 2.24) is 5.16 Å². The summed E-state index contributed by atoms with van der Waals surface area (Å²) in [5.41, 5.74) is 3.14. The molecule has 1 aliphatic rings. The maximum atomic E-state index is 12.0. The molecule has 3 N–H and O–H groups in total. The highest BCUT2D eigenvalue weighted by molar-refractivity contribution is 7.92. The highest BCUT2D eigenvalue weighted by Gasteiger charge is 2.23. The van der Waals surface area contributed by atoms with Crippen LogP contribution in [0.3, 0.4) is 0 Å². The Balaban J connectivity index is 1.68. The Kier molecular flexibility index (Phi) is 6.21. The molecule has 1 saturated heterocycles. The third kappa shape index (κ3) is 5.37. The van der Waals surface area contributed by atoms with E-state index in [2.05, 4.69) is 21.7 Å². The standard InChI is InChI=1S/C22H26N4O5S2/c1-15-5-3-4-12-26(15)21-11-8-17(13-20(21)25-32(2,27)28)22-14-19(24-31-22)16-6-9-18(10-7-16)33(23,29)30/h6-11,13-15,25H,3-5,12H2,1-2H3,(H2,23,29,30). The van der Waals surface area contributed by atoms with Gasteiger partial charge in [0, 0.05) is 29.8 Å². The molecule has 0 radical (unpaired) electrons. The van der Waals surface area contributed by atoms with Crippen LogP contribution >= 0.6 is 0 Å². The van der Waals surface area contributed by atoms with E-state index in [9.17, 15) is 16.8 Å². The average molecular weight is 491 g/mol. The Bertz CT molecular complexity index is 1370. The molecule has 2 aromatic carbocycles. The quantitative estimate of drug-likeness (QED) is 0.540. The SMILES string of the molecule is CC1CCCCN1c1ccc(-c2cc(-c3ccc(S(N)(=O)=O)cc3)no2)cc1NS(C)(=O)=O. The van der Waals surface area contributed by atoms with Gasteiger partial charge in [0.05, 0.1) is 22.5 Å². The molecule has 0 saturated carbocycles. The number of rotatable bonds is 6. The van der Waals surface area contributed by atoms with Crippen LogP contribution in [-0.4, -0.2) is 40.8 Å². The number of primary sulfonamides is 1. The van der Waals surface area contributed by atoms with Crippen LogP contribution in [0.5, 0.6) is 0 Å². The maximum absolute atomic E-state index is 12.0. The van der Waals surface area contributed by atoms with E-state index in [1.165, 1.54) is 12.1 Å². The molecule has 11 heteroatoms. The van der Waals surface area contributed by atoms with Crippen LogP contribution in [0.15, 0.2) is 57.9 Å². The van der Waals surface area contributed by atoms with Crippen molar-refractivity contribution in [3.05, 3.63) is 48.5 Å². The van der Waals surface area contributed by atoms with Gasteiger partial charge in [-0.3, -0.25) is 4.72 Å². The number of aromatic nitrogens is 1. The number of anilines is 2. The molecule has 1 unspecified atom stereocenters. The lowest BCUT2D eigenvalue weighted by Crippen LogP contribution is -2.38. The van der Waals surface area contributed by atoms with Gasteiger partial charge in [0.2, 0.25) is 20.0 Å². The van der Waals surface area contributed by atoms with Crippen LogP contribution in [0.25, 0.3) is 22.6 Å². The first-order chi connectivity index (χ1) is 15.5. The molecule has 1 atom stereocenters. The lowest BCUT2D eigenvalue weighted by molar-refractivity contribution is 0.435. The number of nitrogens with zero attached hydrogens (tertiary/aromatic N) is 2. The second kappa shape index (κ2) is 8.81. The molecule has 1 aromatic heterocycles. The van der Waals surface area contributed by atoms with Crippen molar-refractivity contribution in [3.8, 4) is 22.6 Å². The number of sulfonamides is 2. The predicted octanol–water partition coefficient (Wildman–Crippen LogP) is 3.41. The van der Waals surface area contributed by atoms with E-state index in [4.69, 9.17) is 9.66 Å². The van der Waals surface area contributed by atoms with Gasteiger partial charge in [0.15, 0.2) is 5.76 Å². The lowest BCUT2D eigenvalue weighted by Gasteiger charge is -2.36. The van der Waals surface area contributed by atoms with Gasteiger partial charge >= 0.3 is 0 Å². The van der Waals surface area contributed by atoms with E-state index in [0.717, 1.165) is 37.8 Å². The number of benzene rings is 2. The maximum Gasteiger partial charge on any atom is 0.238 e. The molecular weight excluding hydrogens is 464 g/mol. The van der Waals surface area contributed by atoms with E-state index in [1.807, 2.05) is 12.1 Å². The number of piperidine rings is 1. The smallest absolute Gasteiger partial charge is 0.238 e. The van der Waals surface area contributed by atoms with Gasteiger partial charge < -0.3 is 9.42 Å². The van der Waals surface area contributed by atoms with Crippen LogP contribution < -0.4 is 14.8 Å². The second-order valence-corrected chi connectivity index (χ2v) is 11.6. The zero-order chi connectivity index (χ0) is 23.8. The van der Waals surface area contributed by atoms with Gasteiger partial charge in [0.1, 0.15) is 5.69 Å². The van der Waals surface area contributed by atoms with Crippen LogP contribution in [0.4, 0.5) is 11.4 Å². The minimum absolute atomic E-state index is 0.00832. The predicted molar refractivity (Wildman–Crippen MR) is 128 cm³/mol. The van der Waals surface area contributed by atoms with Crippen molar-refractivity contribution in [2.75, 3.05) is 22.4 Å². The number of hydrogen-bond donors (Lipinski definition) is 2. The second-order valence-electron chi connectivity index (χ2n) is 8.29. The summed E-state index contributed by atoms with van der Waals surface area (Å²) in [6.07, 6.45) is 4.39. The highest BCUT2D eigenvalue weighted by Crippen LogP contribution is 2.36. The first-order valence-corrected chi connectivity index (χ1v) is 13.9. The molecular formula is C22H26N4O5S2. The molecule has 1 aliphatic heterocycles. The molecule has 9 nitrogen and oxygen atoms in total. The van der Waals surface area contributed by atoms with Crippen LogP contribution in [0.2, 0.25) is 0 Å². The van der Waals surface area contributed by atoms with E-state index in [0.29, 0.717) is 34.3 Å². The van der Waals surface area contributed by atoms with Crippen molar-refractivity contribution >= 4 is 31.4 Å². The third-order valence-corrected chi connectivity index (χ3v) is 7.20. The fraction of sp³-hybridized carbons (Fsp3) is 0.318. The minimum atomic E-state index is -3.78. The van der Waals surface area contributed by atoms with Crippen molar-refractivity contribution in [2.24, 2.45) is 5.14 Å². The molecule has 176 valence electrons. The van der Waals surface area contributed by atoms with Crippen molar-refractivity contribution in [3.63, 3.8) is 0 Å². The zero-order valence-corrected chi connectivity index (χ0v) is 20.0. The molecule has 1 fully saturated rings. The van der Waals surface area contributed by atoms with Gasteiger partial charge in [-0.15, -0.1) is 0 Å². The number of hydrogen-bond acceptors (Lipinski definition) is 7. The van der Waals surface area contributed by atoms with Crippen molar-refractivity contribution < 1.29 is 21.4 Å². The summed E-state index contributed by atoms with van der Waals surface area (Å²) >= 11 is 0.